The zero-order valence-corrected chi connectivity index (χ0v) is 16.4. The van der Waals surface area contributed by atoms with E-state index in [2.05, 4.69) is 5.32 Å². The van der Waals surface area contributed by atoms with Gasteiger partial charge in [-0.25, -0.2) is 12.8 Å². The lowest BCUT2D eigenvalue weighted by Crippen LogP contribution is -2.40. The molecule has 1 aliphatic heterocycles. The number of hydrogen-bond donors (Lipinski definition) is 1. The fraction of sp³-hybridized carbons (Fsp3) is 0.316. The molecule has 1 heterocycles. The van der Waals surface area contributed by atoms with Crippen molar-refractivity contribution in [3.63, 3.8) is 0 Å². The Hall–Kier alpha value is -2.49. The molecule has 0 unspecified atom stereocenters. The average molecular weight is 408 g/mol. The third-order valence-electron chi connectivity index (χ3n) is 4.45. The van der Waals surface area contributed by atoms with Crippen molar-refractivity contribution in [2.75, 3.05) is 38.7 Å². The Kier molecular flexibility index (Phi) is 5.97. The van der Waals surface area contributed by atoms with Gasteiger partial charge in [0.25, 0.3) is 5.91 Å². The maximum absolute atomic E-state index is 13.7. The van der Waals surface area contributed by atoms with E-state index in [-0.39, 0.29) is 35.0 Å². The molecule has 0 bridgehead atoms. The summed E-state index contributed by atoms with van der Waals surface area (Å²) >= 11 is 0. The van der Waals surface area contributed by atoms with Gasteiger partial charge >= 0.3 is 0 Å². The molecule has 0 aliphatic carbocycles. The highest BCUT2D eigenvalue weighted by Gasteiger charge is 2.28. The summed E-state index contributed by atoms with van der Waals surface area (Å²) in [5.41, 5.74) is 0.753. The molecule has 0 saturated carbocycles. The molecule has 0 spiro atoms. The fourth-order valence-corrected chi connectivity index (χ4v) is 4.26. The first kappa shape index (κ1) is 20.2. The second-order valence-corrected chi connectivity index (χ2v) is 8.23. The van der Waals surface area contributed by atoms with Crippen LogP contribution in [-0.2, 0) is 14.8 Å². The topological polar surface area (TPSA) is 84.9 Å². The summed E-state index contributed by atoms with van der Waals surface area (Å²) in [6.45, 7) is 2.75. The predicted molar refractivity (Wildman–Crippen MR) is 102 cm³/mol. The van der Waals surface area contributed by atoms with Gasteiger partial charge in [-0.05, 0) is 42.8 Å². The van der Waals surface area contributed by atoms with E-state index < -0.39 is 21.7 Å². The van der Waals surface area contributed by atoms with Gasteiger partial charge in [-0.3, -0.25) is 4.79 Å². The maximum Gasteiger partial charge on any atom is 0.259 e. The number of ether oxygens (including phenoxy) is 2. The second kappa shape index (κ2) is 8.26. The van der Waals surface area contributed by atoms with Gasteiger partial charge in [0.1, 0.15) is 11.6 Å². The quantitative estimate of drug-likeness (QED) is 0.821. The molecular weight excluding hydrogens is 387 g/mol. The van der Waals surface area contributed by atoms with E-state index >= 15 is 0 Å². The molecule has 1 fully saturated rings. The van der Waals surface area contributed by atoms with Crippen LogP contribution in [0.4, 0.5) is 10.1 Å². The Balaban J connectivity index is 1.92. The van der Waals surface area contributed by atoms with Crippen molar-refractivity contribution in [1.82, 2.24) is 4.31 Å². The Bertz CT molecular complexity index is 988. The summed E-state index contributed by atoms with van der Waals surface area (Å²) in [5.74, 6) is -0.835. The van der Waals surface area contributed by atoms with E-state index in [0.717, 1.165) is 0 Å². The Morgan fingerprint density at radius 2 is 1.89 bits per heavy atom. The van der Waals surface area contributed by atoms with Crippen LogP contribution in [0.5, 0.6) is 5.75 Å². The molecule has 28 heavy (non-hydrogen) atoms. The molecule has 150 valence electrons. The summed E-state index contributed by atoms with van der Waals surface area (Å²) in [4.78, 5) is 12.7. The number of sulfonamides is 1. The monoisotopic (exact) mass is 408 g/mol. The number of carbonyl (C=O) groups excluding carboxylic acids is 1. The smallest absolute Gasteiger partial charge is 0.259 e. The third kappa shape index (κ3) is 4.16. The van der Waals surface area contributed by atoms with Crippen molar-refractivity contribution in [3.8, 4) is 5.75 Å². The van der Waals surface area contributed by atoms with Crippen molar-refractivity contribution < 1.29 is 27.1 Å². The van der Waals surface area contributed by atoms with Crippen LogP contribution in [0.25, 0.3) is 0 Å². The molecule has 2 aromatic carbocycles. The molecule has 2 aromatic rings. The molecule has 0 aromatic heterocycles. The number of methoxy groups -OCH3 is 1. The number of hydrogen-bond acceptors (Lipinski definition) is 5. The fourth-order valence-electron chi connectivity index (χ4n) is 2.83. The molecule has 1 aliphatic rings. The average Bonchev–Trinajstić information content (AvgIpc) is 2.70. The highest BCUT2D eigenvalue weighted by atomic mass is 32.2. The predicted octanol–water partition coefficient (Wildman–Crippen LogP) is 2.42. The van der Waals surface area contributed by atoms with Crippen molar-refractivity contribution in [2.45, 2.75) is 11.8 Å². The molecule has 0 atom stereocenters. The Labute approximate surface area is 163 Å². The normalized spacial score (nSPS) is 15.2. The van der Waals surface area contributed by atoms with Crippen LogP contribution in [0.15, 0.2) is 41.3 Å². The molecule has 1 N–H and O–H groups in total. The lowest BCUT2D eigenvalue weighted by atomic mass is 10.1. The minimum atomic E-state index is -3.77. The first-order valence-corrected chi connectivity index (χ1v) is 10.1. The van der Waals surface area contributed by atoms with Gasteiger partial charge < -0.3 is 14.8 Å². The number of amides is 1. The lowest BCUT2D eigenvalue weighted by molar-refractivity contribution is 0.0730. The summed E-state index contributed by atoms with van der Waals surface area (Å²) in [6, 6.07) is 8.40. The number of nitrogens with one attached hydrogen (secondary N) is 1. The van der Waals surface area contributed by atoms with Gasteiger partial charge in [0.2, 0.25) is 10.0 Å². The van der Waals surface area contributed by atoms with E-state index in [9.17, 15) is 17.6 Å². The standard InChI is InChI=1S/C19H21FN2O5S/c1-13-3-4-14(11-17(13)20)21-19(23)16-12-15(5-6-18(16)26-2)28(24,25)22-7-9-27-10-8-22/h3-6,11-12H,7-10H2,1-2H3,(H,21,23). The highest BCUT2D eigenvalue weighted by molar-refractivity contribution is 7.89. The number of benzene rings is 2. The van der Waals surface area contributed by atoms with Crippen LogP contribution < -0.4 is 10.1 Å². The zero-order valence-electron chi connectivity index (χ0n) is 15.6. The molecule has 7 nitrogen and oxygen atoms in total. The largest absolute Gasteiger partial charge is 0.496 e. The SMILES string of the molecule is COc1ccc(S(=O)(=O)N2CCOCC2)cc1C(=O)Nc1ccc(C)c(F)c1. The van der Waals surface area contributed by atoms with Crippen LogP contribution in [0.1, 0.15) is 15.9 Å². The van der Waals surface area contributed by atoms with Gasteiger partial charge in [0, 0.05) is 18.8 Å². The van der Waals surface area contributed by atoms with E-state index in [1.54, 1.807) is 19.1 Å². The van der Waals surface area contributed by atoms with Crippen LogP contribution in [-0.4, -0.2) is 52.0 Å². The van der Waals surface area contributed by atoms with Crippen molar-refractivity contribution in [1.29, 1.82) is 0 Å². The molecule has 1 saturated heterocycles. The van der Waals surface area contributed by atoms with Crippen LogP contribution in [0, 0.1) is 12.7 Å². The van der Waals surface area contributed by atoms with Crippen molar-refractivity contribution in [2.24, 2.45) is 0 Å². The number of carbonyl (C=O) groups is 1. The van der Waals surface area contributed by atoms with Gasteiger partial charge in [0.15, 0.2) is 0 Å². The van der Waals surface area contributed by atoms with E-state index in [0.29, 0.717) is 18.8 Å². The highest BCUT2D eigenvalue weighted by Crippen LogP contribution is 2.26. The van der Waals surface area contributed by atoms with Gasteiger partial charge in [-0.15, -0.1) is 0 Å². The summed E-state index contributed by atoms with van der Waals surface area (Å²) < 4.78 is 51.1. The van der Waals surface area contributed by atoms with Crippen molar-refractivity contribution in [3.05, 3.63) is 53.3 Å². The minimum Gasteiger partial charge on any atom is -0.496 e. The minimum absolute atomic E-state index is 0.0181. The zero-order chi connectivity index (χ0) is 20.3. The molecule has 1 amide bonds. The third-order valence-corrected chi connectivity index (χ3v) is 6.35. The number of morpholine rings is 1. The summed E-state index contributed by atoms with van der Waals surface area (Å²) in [5, 5.41) is 2.57. The number of anilines is 1. The number of aryl methyl sites for hydroxylation is 1. The Morgan fingerprint density at radius 1 is 1.18 bits per heavy atom. The van der Waals surface area contributed by atoms with E-state index in [1.165, 1.54) is 35.7 Å². The number of halogens is 1. The Morgan fingerprint density at radius 3 is 2.54 bits per heavy atom. The molecule has 0 radical (unpaired) electrons. The summed E-state index contributed by atoms with van der Waals surface area (Å²) in [7, 11) is -2.39. The first-order valence-electron chi connectivity index (χ1n) is 8.66. The van der Waals surface area contributed by atoms with Crippen molar-refractivity contribution >= 4 is 21.6 Å². The second-order valence-electron chi connectivity index (χ2n) is 6.30. The lowest BCUT2D eigenvalue weighted by Gasteiger charge is -2.26. The van der Waals surface area contributed by atoms with E-state index in [1.807, 2.05) is 0 Å². The maximum atomic E-state index is 13.7. The van der Waals surface area contributed by atoms with Gasteiger partial charge in [-0.1, -0.05) is 6.07 Å². The van der Waals surface area contributed by atoms with Gasteiger partial charge in [0.05, 0.1) is 30.8 Å². The molecule has 3 rings (SSSR count). The van der Waals surface area contributed by atoms with Gasteiger partial charge in [-0.2, -0.15) is 4.31 Å². The van der Waals surface area contributed by atoms with Crippen LogP contribution in [0.3, 0.4) is 0 Å². The summed E-state index contributed by atoms with van der Waals surface area (Å²) in [6.07, 6.45) is 0. The number of nitrogens with zero attached hydrogens (tertiary/aromatic N) is 1. The van der Waals surface area contributed by atoms with Crippen LogP contribution in [0.2, 0.25) is 0 Å². The number of rotatable bonds is 5. The van der Waals surface area contributed by atoms with E-state index in [4.69, 9.17) is 9.47 Å². The first-order chi connectivity index (χ1) is 13.3. The molecule has 9 heteroatoms. The molecular formula is C19H21FN2O5S. The van der Waals surface area contributed by atoms with Crippen LogP contribution >= 0.6 is 0 Å².